The molecule has 1 atom stereocenters. The maximum atomic E-state index is 12.3. The highest BCUT2D eigenvalue weighted by molar-refractivity contribution is 4.79. The molecule has 0 amide bonds. The Kier molecular flexibility index (Phi) is 7.13. The lowest BCUT2D eigenvalue weighted by Crippen LogP contribution is -2.48. The SMILES string of the molecule is CCN(CC)CC(C)NCC(C(F)(F)F)C(F)(F)F. The standard InChI is InChI=1S/C11H20F6N2/c1-4-19(5-2)7-8(3)18-6-9(10(12,13)14)11(15,16)17/h8-9,18H,4-7H2,1-3H3. The van der Waals surface area contributed by atoms with Crippen LogP contribution in [-0.2, 0) is 0 Å². The lowest BCUT2D eigenvalue weighted by molar-refractivity contribution is -0.282. The van der Waals surface area contributed by atoms with Gasteiger partial charge < -0.3 is 10.2 Å². The van der Waals surface area contributed by atoms with Gasteiger partial charge in [-0.1, -0.05) is 13.8 Å². The van der Waals surface area contributed by atoms with Gasteiger partial charge in [0.05, 0.1) is 0 Å². The number of alkyl halides is 6. The molecule has 8 heteroatoms. The largest absolute Gasteiger partial charge is 0.401 e. The Morgan fingerprint density at radius 1 is 0.947 bits per heavy atom. The number of halogens is 6. The van der Waals surface area contributed by atoms with E-state index in [1.165, 1.54) is 0 Å². The zero-order valence-corrected chi connectivity index (χ0v) is 11.2. The molecule has 0 radical (unpaired) electrons. The average molecular weight is 294 g/mol. The van der Waals surface area contributed by atoms with E-state index in [0.717, 1.165) is 0 Å². The smallest absolute Gasteiger partial charge is 0.312 e. The zero-order valence-electron chi connectivity index (χ0n) is 11.2. The molecule has 116 valence electrons. The highest BCUT2D eigenvalue weighted by Gasteiger charge is 2.56. The van der Waals surface area contributed by atoms with Crippen LogP contribution in [0.25, 0.3) is 0 Å². The fraction of sp³-hybridized carbons (Fsp3) is 1.00. The van der Waals surface area contributed by atoms with Gasteiger partial charge in [-0.2, -0.15) is 26.3 Å². The van der Waals surface area contributed by atoms with Gasteiger partial charge >= 0.3 is 12.4 Å². The summed E-state index contributed by atoms with van der Waals surface area (Å²) < 4.78 is 73.7. The molecule has 0 rings (SSSR count). The molecule has 19 heavy (non-hydrogen) atoms. The van der Waals surface area contributed by atoms with Gasteiger partial charge in [-0.15, -0.1) is 0 Å². The molecule has 0 aromatic carbocycles. The van der Waals surface area contributed by atoms with Gasteiger partial charge in [-0.25, -0.2) is 0 Å². The Bertz CT molecular complexity index is 233. The second-order valence-electron chi connectivity index (χ2n) is 4.43. The average Bonchev–Trinajstić information content (AvgIpc) is 2.22. The molecule has 0 aromatic heterocycles. The minimum Gasteiger partial charge on any atom is -0.312 e. The van der Waals surface area contributed by atoms with Crippen molar-refractivity contribution in [2.75, 3.05) is 26.2 Å². The molecular weight excluding hydrogens is 274 g/mol. The normalized spacial score (nSPS) is 15.3. The van der Waals surface area contributed by atoms with Crippen molar-refractivity contribution in [2.24, 2.45) is 5.92 Å². The van der Waals surface area contributed by atoms with Gasteiger partial charge in [0.1, 0.15) is 0 Å². The third kappa shape index (κ3) is 7.00. The minimum atomic E-state index is -5.28. The maximum Gasteiger partial charge on any atom is 0.401 e. The van der Waals surface area contributed by atoms with Crippen molar-refractivity contribution < 1.29 is 26.3 Å². The fourth-order valence-electron chi connectivity index (χ4n) is 1.67. The molecule has 0 aromatic rings. The summed E-state index contributed by atoms with van der Waals surface area (Å²) in [4.78, 5) is 1.92. The second-order valence-corrected chi connectivity index (χ2v) is 4.43. The van der Waals surface area contributed by atoms with Gasteiger partial charge in [0, 0.05) is 19.1 Å². The van der Waals surface area contributed by atoms with Crippen molar-refractivity contribution in [3.8, 4) is 0 Å². The molecule has 0 bridgehead atoms. The molecule has 0 spiro atoms. The highest BCUT2D eigenvalue weighted by atomic mass is 19.4. The van der Waals surface area contributed by atoms with Crippen LogP contribution in [0.15, 0.2) is 0 Å². The van der Waals surface area contributed by atoms with E-state index in [9.17, 15) is 26.3 Å². The number of hydrogen-bond donors (Lipinski definition) is 1. The van der Waals surface area contributed by atoms with E-state index >= 15 is 0 Å². The predicted octanol–water partition coefficient (Wildman–Crippen LogP) is 3.05. The van der Waals surface area contributed by atoms with E-state index < -0.39 is 30.9 Å². The van der Waals surface area contributed by atoms with Gasteiger partial charge in [0.25, 0.3) is 0 Å². The van der Waals surface area contributed by atoms with Gasteiger partial charge in [0.15, 0.2) is 5.92 Å². The van der Waals surface area contributed by atoms with Crippen LogP contribution in [0.5, 0.6) is 0 Å². The summed E-state index contributed by atoms with van der Waals surface area (Å²) in [6.07, 6.45) is -10.6. The number of rotatable bonds is 7. The Morgan fingerprint density at radius 3 is 1.68 bits per heavy atom. The first-order chi connectivity index (χ1) is 8.52. The van der Waals surface area contributed by atoms with E-state index in [0.29, 0.717) is 19.6 Å². The topological polar surface area (TPSA) is 15.3 Å². The third-order valence-electron chi connectivity index (χ3n) is 2.89. The van der Waals surface area contributed by atoms with E-state index in [1.807, 2.05) is 18.7 Å². The first-order valence-corrected chi connectivity index (χ1v) is 6.11. The quantitative estimate of drug-likeness (QED) is 0.726. The van der Waals surface area contributed by atoms with Crippen LogP contribution in [-0.4, -0.2) is 49.5 Å². The second kappa shape index (κ2) is 7.33. The monoisotopic (exact) mass is 294 g/mol. The van der Waals surface area contributed by atoms with Crippen LogP contribution in [0.3, 0.4) is 0 Å². The van der Waals surface area contributed by atoms with Gasteiger partial charge in [-0.05, 0) is 20.0 Å². The van der Waals surface area contributed by atoms with Gasteiger partial charge in [0.2, 0.25) is 0 Å². The number of hydrogen-bond acceptors (Lipinski definition) is 2. The molecule has 1 N–H and O–H groups in total. The molecule has 2 nitrogen and oxygen atoms in total. The Hall–Kier alpha value is -0.500. The number of nitrogens with one attached hydrogen (secondary N) is 1. The lowest BCUT2D eigenvalue weighted by Gasteiger charge is -2.27. The Labute approximate surface area is 109 Å². The van der Waals surface area contributed by atoms with Crippen LogP contribution in [0.1, 0.15) is 20.8 Å². The van der Waals surface area contributed by atoms with Gasteiger partial charge in [-0.3, -0.25) is 0 Å². The number of likely N-dealkylation sites (N-methyl/N-ethyl adjacent to an activating group) is 1. The lowest BCUT2D eigenvalue weighted by atomic mass is 10.1. The molecule has 1 unspecified atom stereocenters. The Morgan fingerprint density at radius 2 is 1.37 bits per heavy atom. The summed E-state index contributed by atoms with van der Waals surface area (Å²) in [6.45, 7) is 6.00. The van der Waals surface area contributed by atoms with Crippen molar-refractivity contribution in [1.29, 1.82) is 0 Å². The summed E-state index contributed by atoms with van der Waals surface area (Å²) in [5, 5.41) is 2.31. The summed E-state index contributed by atoms with van der Waals surface area (Å²) in [7, 11) is 0. The zero-order chi connectivity index (χ0) is 15.3. The first-order valence-electron chi connectivity index (χ1n) is 6.11. The third-order valence-corrected chi connectivity index (χ3v) is 2.89. The molecule has 0 saturated heterocycles. The summed E-state index contributed by atoms with van der Waals surface area (Å²) in [6, 6.07) is -0.438. The van der Waals surface area contributed by atoms with E-state index in [2.05, 4.69) is 5.32 Å². The van der Waals surface area contributed by atoms with Crippen LogP contribution >= 0.6 is 0 Å². The fourth-order valence-corrected chi connectivity index (χ4v) is 1.67. The van der Waals surface area contributed by atoms with Crippen molar-refractivity contribution >= 4 is 0 Å². The van der Waals surface area contributed by atoms with Crippen molar-refractivity contribution in [2.45, 2.75) is 39.2 Å². The van der Waals surface area contributed by atoms with Crippen molar-refractivity contribution in [3.05, 3.63) is 0 Å². The van der Waals surface area contributed by atoms with Crippen LogP contribution < -0.4 is 5.32 Å². The molecule has 0 fully saturated rings. The van der Waals surface area contributed by atoms with Crippen LogP contribution in [0.4, 0.5) is 26.3 Å². The van der Waals surface area contributed by atoms with Crippen LogP contribution in [0.2, 0.25) is 0 Å². The maximum absolute atomic E-state index is 12.3. The molecule has 0 aliphatic carbocycles. The van der Waals surface area contributed by atoms with E-state index in [4.69, 9.17) is 0 Å². The molecule has 0 aliphatic rings. The highest BCUT2D eigenvalue weighted by Crippen LogP contribution is 2.38. The predicted molar refractivity (Wildman–Crippen MR) is 60.9 cm³/mol. The summed E-state index contributed by atoms with van der Waals surface area (Å²) >= 11 is 0. The molecular formula is C11H20F6N2. The molecule has 0 heterocycles. The summed E-state index contributed by atoms with van der Waals surface area (Å²) in [5.74, 6) is -3.32. The molecule has 0 saturated carbocycles. The molecule has 0 aliphatic heterocycles. The van der Waals surface area contributed by atoms with E-state index in [-0.39, 0.29) is 0 Å². The van der Waals surface area contributed by atoms with E-state index in [1.54, 1.807) is 6.92 Å². The summed E-state index contributed by atoms with van der Waals surface area (Å²) in [5.41, 5.74) is 0. The number of nitrogens with zero attached hydrogens (tertiary/aromatic N) is 1. The van der Waals surface area contributed by atoms with Crippen LogP contribution in [0, 0.1) is 5.92 Å². The van der Waals surface area contributed by atoms with Crippen molar-refractivity contribution in [3.63, 3.8) is 0 Å². The van der Waals surface area contributed by atoms with Crippen molar-refractivity contribution in [1.82, 2.24) is 10.2 Å². The first kappa shape index (κ1) is 18.5. The minimum absolute atomic E-state index is 0.412. The Balaban J connectivity index is 4.41.